The number of sulfonamides is 1. The van der Waals surface area contributed by atoms with Gasteiger partial charge in [0.05, 0.1) is 9.37 Å². The number of nitrogens with one attached hydrogen (secondary N) is 1. The normalized spacial score (nSPS) is 11.4. The molecule has 2 rings (SSSR count). The van der Waals surface area contributed by atoms with Crippen molar-refractivity contribution in [2.45, 2.75) is 25.7 Å². The predicted octanol–water partition coefficient (Wildman–Crippen LogP) is 3.81. The van der Waals surface area contributed by atoms with E-state index in [0.29, 0.717) is 30.1 Å². The van der Waals surface area contributed by atoms with Gasteiger partial charge in [-0.1, -0.05) is 32.0 Å². The first-order valence-electron chi connectivity index (χ1n) is 8.57. The summed E-state index contributed by atoms with van der Waals surface area (Å²) in [6.45, 7) is 5.90. The van der Waals surface area contributed by atoms with Gasteiger partial charge in [0, 0.05) is 18.8 Å². The van der Waals surface area contributed by atoms with Gasteiger partial charge in [-0.05, 0) is 52.7 Å². The molecule has 8 heteroatoms. The molecule has 2 aromatic carbocycles. The van der Waals surface area contributed by atoms with E-state index in [1.165, 1.54) is 10.4 Å². The topological polar surface area (TPSA) is 75.7 Å². The number of rotatable bonds is 8. The largest absolute Gasteiger partial charge is 0.483 e. The molecule has 0 heterocycles. The summed E-state index contributed by atoms with van der Waals surface area (Å²) in [6.07, 6.45) is 0. The minimum atomic E-state index is -3.61. The molecule has 146 valence electrons. The molecule has 0 atom stereocenters. The smallest absolute Gasteiger partial charge is 0.262 e. The number of carbonyl (C=O) groups excluding carboxylic acids is 1. The van der Waals surface area contributed by atoms with Crippen molar-refractivity contribution < 1.29 is 17.9 Å². The highest BCUT2D eigenvalue weighted by Gasteiger charge is 2.24. The minimum absolute atomic E-state index is 0.186. The Morgan fingerprint density at radius 1 is 1.15 bits per heavy atom. The number of ether oxygens (including phenoxy) is 1. The van der Waals surface area contributed by atoms with Crippen molar-refractivity contribution in [2.24, 2.45) is 0 Å². The summed E-state index contributed by atoms with van der Waals surface area (Å²) in [5.41, 5.74) is 1.04. The number of nitrogens with zero attached hydrogens (tertiary/aromatic N) is 1. The highest BCUT2D eigenvalue weighted by atomic mass is 79.9. The fourth-order valence-electron chi connectivity index (χ4n) is 2.56. The summed E-state index contributed by atoms with van der Waals surface area (Å²) >= 11 is 3.35. The van der Waals surface area contributed by atoms with Crippen LogP contribution in [0.15, 0.2) is 51.8 Å². The summed E-state index contributed by atoms with van der Waals surface area (Å²) < 4.78 is 33.2. The molecule has 6 nitrogen and oxygen atoms in total. The van der Waals surface area contributed by atoms with Crippen molar-refractivity contribution in [3.8, 4) is 5.75 Å². The van der Waals surface area contributed by atoms with E-state index in [-0.39, 0.29) is 17.4 Å². The molecule has 1 amide bonds. The van der Waals surface area contributed by atoms with Crippen LogP contribution in [0.5, 0.6) is 5.75 Å². The Morgan fingerprint density at radius 3 is 2.44 bits per heavy atom. The number of para-hydroxylation sites is 1. The fraction of sp³-hybridized carbons (Fsp3) is 0.316. The lowest BCUT2D eigenvalue weighted by atomic mass is 10.2. The van der Waals surface area contributed by atoms with E-state index in [1.807, 2.05) is 18.2 Å². The number of hydrogen-bond donors (Lipinski definition) is 1. The number of aryl methyl sites for hydroxylation is 1. The average molecular weight is 455 g/mol. The van der Waals surface area contributed by atoms with Gasteiger partial charge in [-0.25, -0.2) is 8.42 Å². The van der Waals surface area contributed by atoms with Crippen molar-refractivity contribution in [1.82, 2.24) is 4.31 Å². The van der Waals surface area contributed by atoms with Crippen molar-refractivity contribution in [3.05, 3.63) is 52.5 Å². The lowest BCUT2D eigenvalue weighted by Crippen LogP contribution is -2.31. The molecule has 0 aliphatic rings. The quantitative estimate of drug-likeness (QED) is 0.657. The van der Waals surface area contributed by atoms with E-state index >= 15 is 0 Å². The lowest BCUT2D eigenvalue weighted by molar-refractivity contribution is -0.118. The summed E-state index contributed by atoms with van der Waals surface area (Å²) in [4.78, 5) is 12.4. The molecule has 0 aromatic heterocycles. The third kappa shape index (κ3) is 5.31. The Hall–Kier alpha value is -1.90. The highest BCUT2D eigenvalue weighted by Crippen LogP contribution is 2.25. The first-order valence-corrected chi connectivity index (χ1v) is 10.8. The van der Waals surface area contributed by atoms with Crippen molar-refractivity contribution in [1.29, 1.82) is 0 Å². The third-order valence-electron chi connectivity index (χ3n) is 3.99. The molecule has 0 fully saturated rings. The van der Waals surface area contributed by atoms with Gasteiger partial charge in [0.1, 0.15) is 5.75 Å². The number of carbonyl (C=O) groups is 1. The standard InChI is InChI=1S/C19H23BrN2O4S/c1-4-22(5-2)27(24,25)18-12-15(11-10-14(18)3)21-19(23)13-26-17-9-7-6-8-16(17)20/h6-12H,4-5,13H2,1-3H3,(H,21,23). The molecule has 1 N–H and O–H groups in total. The molecule has 0 spiro atoms. The zero-order chi connectivity index (χ0) is 20.0. The van der Waals surface area contributed by atoms with Gasteiger partial charge >= 0.3 is 0 Å². The van der Waals surface area contributed by atoms with Gasteiger partial charge in [-0.15, -0.1) is 0 Å². The second kappa shape index (κ2) is 9.34. The molecule has 0 aliphatic carbocycles. The monoisotopic (exact) mass is 454 g/mol. The van der Waals surface area contributed by atoms with Crippen LogP contribution in [0.25, 0.3) is 0 Å². The van der Waals surface area contributed by atoms with Crippen LogP contribution in [-0.2, 0) is 14.8 Å². The van der Waals surface area contributed by atoms with E-state index in [0.717, 1.165) is 4.47 Å². The van der Waals surface area contributed by atoms with Gasteiger partial charge < -0.3 is 10.1 Å². The van der Waals surface area contributed by atoms with Crippen LogP contribution in [0, 0.1) is 6.92 Å². The predicted molar refractivity (Wildman–Crippen MR) is 110 cm³/mol. The van der Waals surface area contributed by atoms with E-state index in [4.69, 9.17) is 4.74 Å². The second-order valence-electron chi connectivity index (χ2n) is 5.84. The van der Waals surface area contributed by atoms with Gasteiger partial charge in [0.25, 0.3) is 5.91 Å². The Labute approximate surface area is 168 Å². The van der Waals surface area contributed by atoms with Gasteiger partial charge in [-0.3, -0.25) is 4.79 Å². The third-order valence-corrected chi connectivity index (χ3v) is 6.84. The van der Waals surface area contributed by atoms with Crippen molar-refractivity contribution in [2.75, 3.05) is 25.0 Å². The maximum Gasteiger partial charge on any atom is 0.262 e. The van der Waals surface area contributed by atoms with Gasteiger partial charge in [-0.2, -0.15) is 4.31 Å². The molecular weight excluding hydrogens is 432 g/mol. The van der Waals surface area contributed by atoms with Crippen molar-refractivity contribution >= 4 is 37.5 Å². The Kier molecular flexibility index (Phi) is 7.41. The summed E-state index contributed by atoms with van der Waals surface area (Å²) in [5.74, 6) is 0.183. The van der Waals surface area contributed by atoms with Gasteiger partial charge in [0.2, 0.25) is 10.0 Å². The van der Waals surface area contributed by atoms with E-state index in [2.05, 4.69) is 21.2 Å². The van der Waals surface area contributed by atoms with Crippen LogP contribution in [0.4, 0.5) is 5.69 Å². The van der Waals surface area contributed by atoms with Crippen LogP contribution in [0.2, 0.25) is 0 Å². The summed E-state index contributed by atoms with van der Waals surface area (Å²) in [6, 6.07) is 12.1. The zero-order valence-electron chi connectivity index (χ0n) is 15.5. The SMILES string of the molecule is CCN(CC)S(=O)(=O)c1cc(NC(=O)COc2ccccc2Br)ccc1C. The number of benzene rings is 2. The van der Waals surface area contributed by atoms with E-state index < -0.39 is 10.0 Å². The average Bonchev–Trinajstić information content (AvgIpc) is 2.63. The highest BCUT2D eigenvalue weighted by molar-refractivity contribution is 9.10. The Balaban J connectivity index is 2.13. The lowest BCUT2D eigenvalue weighted by Gasteiger charge is -2.20. The Bertz CT molecular complexity index is 912. The molecule has 0 bridgehead atoms. The van der Waals surface area contributed by atoms with Crippen LogP contribution in [0.3, 0.4) is 0 Å². The molecule has 0 saturated heterocycles. The summed E-state index contributed by atoms with van der Waals surface area (Å²) in [5, 5.41) is 2.68. The maximum absolute atomic E-state index is 12.8. The molecule has 2 aromatic rings. The molecule has 0 radical (unpaired) electrons. The molecule has 0 saturated carbocycles. The molecular formula is C19H23BrN2O4S. The molecule has 0 aliphatic heterocycles. The first-order chi connectivity index (χ1) is 12.8. The number of halogens is 1. The molecule has 27 heavy (non-hydrogen) atoms. The molecule has 0 unspecified atom stereocenters. The first kappa shape index (κ1) is 21.4. The van der Waals surface area contributed by atoms with Gasteiger partial charge in [0.15, 0.2) is 6.61 Å². The number of amides is 1. The van der Waals surface area contributed by atoms with Crippen LogP contribution < -0.4 is 10.1 Å². The van der Waals surface area contributed by atoms with Crippen LogP contribution in [0.1, 0.15) is 19.4 Å². The van der Waals surface area contributed by atoms with Crippen molar-refractivity contribution in [3.63, 3.8) is 0 Å². The van der Waals surface area contributed by atoms with Crippen LogP contribution >= 0.6 is 15.9 Å². The maximum atomic E-state index is 12.8. The summed E-state index contributed by atoms with van der Waals surface area (Å²) in [7, 11) is -3.61. The second-order valence-corrected chi connectivity index (χ2v) is 8.60. The number of hydrogen-bond acceptors (Lipinski definition) is 4. The van der Waals surface area contributed by atoms with Crippen LogP contribution in [-0.4, -0.2) is 38.3 Å². The minimum Gasteiger partial charge on any atom is -0.483 e. The zero-order valence-corrected chi connectivity index (χ0v) is 17.9. The fourth-order valence-corrected chi connectivity index (χ4v) is 4.67. The Morgan fingerprint density at radius 2 is 1.81 bits per heavy atom. The number of anilines is 1. The van der Waals surface area contributed by atoms with E-state index in [1.54, 1.807) is 39.0 Å². The van der Waals surface area contributed by atoms with E-state index in [9.17, 15) is 13.2 Å².